The number of nitrogens with one attached hydrogen (secondary N) is 1. The Morgan fingerprint density at radius 3 is 2.95 bits per heavy atom. The van der Waals surface area contributed by atoms with Gasteiger partial charge in [-0.3, -0.25) is 0 Å². The molecule has 2 aromatic rings. The standard InChI is InChI=1S/C16H21N3/c1-3-5-6-9-12-17-13-16-18-14-10-7-8-11-15(14)19(16)4-2/h1,7-8,10-11,17H,4-6,9,12-13H2,2H3. The summed E-state index contributed by atoms with van der Waals surface area (Å²) < 4.78 is 2.27. The van der Waals surface area contributed by atoms with Crippen LogP contribution < -0.4 is 5.32 Å². The SMILES string of the molecule is C#CCCCCNCc1nc2ccccc2n1CC. The quantitative estimate of drug-likeness (QED) is 0.609. The van der Waals surface area contributed by atoms with Gasteiger partial charge in [0, 0.05) is 13.0 Å². The van der Waals surface area contributed by atoms with Crippen molar-refractivity contribution >= 4 is 11.0 Å². The highest BCUT2D eigenvalue weighted by molar-refractivity contribution is 5.75. The summed E-state index contributed by atoms with van der Waals surface area (Å²) in [5.74, 6) is 3.78. The summed E-state index contributed by atoms with van der Waals surface area (Å²) in [6, 6.07) is 8.29. The van der Waals surface area contributed by atoms with Gasteiger partial charge in [0.1, 0.15) is 5.82 Å². The van der Waals surface area contributed by atoms with E-state index >= 15 is 0 Å². The summed E-state index contributed by atoms with van der Waals surface area (Å²) in [7, 11) is 0. The monoisotopic (exact) mass is 255 g/mol. The lowest BCUT2D eigenvalue weighted by Gasteiger charge is -2.07. The molecule has 3 heteroatoms. The number of hydrogen-bond acceptors (Lipinski definition) is 2. The minimum atomic E-state index is 0.818. The lowest BCUT2D eigenvalue weighted by atomic mass is 10.2. The zero-order chi connectivity index (χ0) is 13.5. The molecule has 0 unspecified atom stereocenters. The molecule has 0 bridgehead atoms. The van der Waals surface area contributed by atoms with E-state index in [4.69, 9.17) is 6.42 Å². The van der Waals surface area contributed by atoms with Gasteiger partial charge in [0.15, 0.2) is 0 Å². The number of aryl methyl sites for hydroxylation is 1. The van der Waals surface area contributed by atoms with Crippen LogP contribution in [-0.2, 0) is 13.1 Å². The summed E-state index contributed by atoms with van der Waals surface area (Å²) in [5, 5.41) is 3.44. The van der Waals surface area contributed by atoms with Crippen LogP contribution in [0.1, 0.15) is 32.0 Å². The summed E-state index contributed by atoms with van der Waals surface area (Å²) in [6.45, 7) is 4.92. The van der Waals surface area contributed by atoms with E-state index < -0.39 is 0 Å². The smallest absolute Gasteiger partial charge is 0.123 e. The zero-order valence-electron chi connectivity index (χ0n) is 11.5. The number of fused-ring (bicyclic) bond motifs is 1. The molecule has 19 heavy (non-hydrogen) atoms. The zero-order valence-corrected chi connectivity index (χ0v) is 11.5. The number of terminal acetylenes is 1. The van der Waals surface area contributed by atoms with Gasteiger partial charge < -0.3 is 9.88 Å². The average Bonchev–Trinajstić information content (AvgIpc) is 2.80. The molecule has 3 nitrogen and oxygen atoms in total. The fourth-order valence-corrected chi connectivity index (χ4v) is 2.29. The van der Waals surface area contributed by atoms with E-state index in [1.807, 2.05) is 6.07 Å². The number of para-hydroxylation sites is 2. The number of hydrogen-bond donors (Lipinski definition) is 1. The van der Waals surface area contributed by atoms with E-state index in [0.717, 1.165) is 50.2 Å². The molecule has 1 heterocycles. The van der Waals surface area contributed by atoms with Gasteiger partial charge in [0.05, 0.1) is 17.6 Å². The molecule has 0 aliphatic rings. The predicted octanol–water partition coefficient (Wildman–Crippen LogP) is 2.95. The Morgan fingerprint density at radius 1 is 1.32 bits per heavy atom. The first-order valence-electron chi connectivity index (χ1n) is 6.95. The van der Waals surface area contributed by atoms with Gasteiger partial charge in [-0.15, -0.1) is 12.3 Å². The minimum Gasteiger partial charge on any atom is -0.327 e. The molecule has 0 amide bonds. The fraction of sp³-hybridized carbons (Fsp3) is 0.438. The van der Waals surface area contributed by atoms with Crippen molar-refractivity contribution in [1.82, 2.24) is 14.9 Å². The number of benzene rings is 1. The third-order valence-electron chi connectivity index (χ3n) is 3.26. The van der Waals surface area contributed by atoms with Gasteiger partial charge >= 0.3 is 0 Å². The third-order valence-corrected chi connectivity index (χ3v) is 3.26. The Labute approximate surface area is 115 Å². The predicted molar refractivity (Wildman–Crippen MR) is 79.8 cm³/mol. The molecule has 2 rings (SSSR count). The Kier molecular flexibility index (Phi) is 5.00. The second-order valence-electron chi connectivity index (χ2n) is 4.60. The van der Waals surface area contributed by atoms with Crippen molar-refractivity contribution in [1.29, 1.82) is 0 Å². The summed E-state index contributed by atoms with van der Waals surface area (Å²) in [5.41, 5.74) is 2.29. The first-order chi connectivity index (χ1) is 9.36. The van der Waals surface area contributed by atoms with E-state index in [0.29, 0.717) is 0 Å². The highest BCUT2D eigenvalue weighted by atomic mass is 15.1. The molecular formula is C16H21N3. The number of rotatable bonds is 7. The molecule has 0 saturated heterocycles. The molecule has 0 aliphatic carbocycles. The van der Waals surface area contributed by atoms with Crippen molar-refractivity contribution in [2.45, 2.75) is 39.3 Å². The normalized spacial score (nSPS) is 10.7. The van der Waals surface area contributed by atoms with Crippen LogP contribution in [-0.4, -0.2) is 16.1 Å². The third kappa shape index (κ3) is 3.36. The van der Waals surface area contributed by atoms with Gasteiger partial charge in [-0.25, -0.2) is 4.98 Å². The topological polar surface area (TPSA) is 29.9 Å². The van der Waals surface area contributed by atoms with E-state index in [1.54, 1.807) is 0 Å². The second-order valence-corrected chi connectivity index (χ2v) is 4.60. The number of aromatic nitrogens is 2. The first kappa shape index (κ1) is 13.6. The molecule has 100 valence electrons. The summed E-state index contributed by atoms with van der Waals surface area (Å²) in [4.78, 5) is 4.69. The van der Waals surface area contributed by atoms with Crippen molar-refractivity contribution in [3.05, 3.63) is 30.1 Å². The Hall–Kier alpha value is -1.79. The Morgan fingerprint density at radius 2 is 2.16 bits per heavy atom. The van der Waals surface area contributed by atoms with Crippen LogP contribution in [0.5, 0.6) is 0 Å². The molecule has 0 atom stereocenters. The van der Waals surface area contributed by atoms with Crippen molar-refractivity contribution in [2.24, 2.45) is 0 Å². The summed E-state index contributed by atoms with van der Waals surface area (Å²) in [6.07, 6.45) is 8.31. The maximum atomic E-state index is 5.23. The van der Waals surface area contributed by atoms with Crippen LogP contribution in [0.2, 0.25) is 0 Å². The molecule has 0 spiro atoms. The van der Waals surface area contributed by atoms with Gasteiger partial charge in [0.2, 0.25) is 0 Å². The summed E-state index contributed by atoms with van der Waals surface area (Å²) >= 11 is 0. The molecule has 1 aromatic carbocycles. The van der Waals surface area contributed by atoms with Crippen LogP contribution in [0, 0.1) is 12.3 Å². The molecular weight excluding hydrogens is 234 g/mol. The Balaban J connectivity index is 1.95. The van der Waals surface area contributed by atoms with Crippen LogP contribution in [0.25, 0.3) is 11.0 Å². The lowest BCUT2D eigenvalue weighted by Crippen LogP contribution is -2.18. The van der Waals surface area contributed by atoms with Gasteiger partial charge in [-0.2, -0.15) is 0 Å². The van der Waals surface area contributed by atoms with Crippen molar-refractivity contribution < 1.29 is 0 Å². The maximum absolute atomic E-state index is 5.23. The van der Waals surface area contributed by atoms with E-state index in [9.17, 15) is 0 Å². The van der Waals surface area contributed by atoms with Crippen LogP contribution >= 0.6 is 0 Å². The Bertz CT molecular complexity index is 563. The number of imidazole rings is 1. The second kappa shape index (κ2) is 6.96. The number of nitrogens with zero attached hydrogens (tertiary/aromatic N) is 2. The minimum absolute atomic E-state index is 0.818. The van der Waals surface area contributed by atoms with Gasteiger partial charge in [0.25, 0.3) is 0 Å². The first-order valence-corrected chi connectivity index (χ1v) is 6.95. The lowest BCUT2D eigenvalue weighted by molar-refractivity contribution is 0.591. The fourth-order valence-electron chi connectivity index (χ4n) is 2.29. The largest absolute Gasteiger partial charge is 0.327 e. The van der Waals surface area contributed by atoms with Crippen molar-refractivity contribution in [3.63, 3.8) is 0 Å². The van der Waals surface area contributed by atoms with E-state index in [2.05, 4.69) is 45.9 Å². The van der Waals surface area contributed by atoms with E-state index in [-0.39, 0.29) is 0 Å². The van der Waals surface area contributed by atoms with Crippen molar-refractivity contribution in [2.75, 3.05) is 6.54 Å². The molecule has 0 aliphatic heterocycles. The molecule has 0 radical (unpaired) electrons. The van der Waals surface area contributed by atoms with E-state index in [1.165, 1.54) is 5.52 Å². The number of unbranched alkanes of at least 4 members (excludes halogenated alkanes) is 2. The molecule has 1 aromatic heterocycles. The average molecular weight is 255 g/mol. The maximum Gasteiger partial charge on any atom is 0.123 e. The highest BCUT2D eigenvalue weighted by Gasteiger charge is 2.07. The molecule has 1 N–H and O–H groups in total. The van der Waals surface area contributed by atoms with Crippen LogP contribution in [0.4, 0.5) is 0 Å². The van der Waals surface area contributed by atoms with Crippen LogP contribution in [0.15, 0.2) is 24.3 Å². The van der Waals surface area contributed by atoms with Gasteiger partial charge in [-0.1, -0.05) is 12.1 Å². The van der Waals surface area contributed by atoms with Crippen molar-refractivity contribution in [3.8, 4) is 12.3 Å². The molecule has 0 fully saturated rings. The molecule has 0 saturated carbocycles. The van der Waals surface area contributed by atoms with Crippen LogP contribution in [0.3, 0.4) is 0 Å². The highest BCUT2D eigenvalue weighted by Crippen LogP contribution is 2.15. The van der Waals surface area contributed by atoms with Gasteiger partial charge in [-0.05, 0) is 38.4 Å².